The Bertz CT molecular complexity index is 1230. The lowest BCUT2D eigenvalue weighted by atomic mass is 10.1. The monoisotopic (exact) mass is 567 g/mol. The van der Waals surface area contributed by atoms with Gasteiger partial charge in [0, 0.05) is 70.9 Å². The Kier molecular flexibility index (Phi) is 10.5. The molecule has 1 fully saturated rings. The van der Waals surface area contributed by atoms with Crippen LogP contribution in [0.2, 0.25) is 0 Å². The molecule has 11 nitrogen and oxygen atoms in total. The van der Waals surface area contributed by atoms with E-state index >= 15 is 0 Å². The standard InChI is InChI=1S/C30H41N5O6/c1-4-25-27-26(7-5-17-40-18-6-12-31-28(27)37)35(32-25)19-21(2)20-41-30(39)24-10-8-23(9-11-24)29(38)34-15-13-33(14-16-34)22(3)36/h8-11,21H,4-7,12-20H2,1-3H3,(H,31,37)/t21-/m1/s1. The van der Waals surface area contributed by atoms with Crippen molar-refractivity contribution in [2.75, 3.05) is 52.5 Å². The first kappa shape index (κ1) is 30.2. The van der Waals surface area contributed by atoms with Gasteiger partial charge in [-0.15, -0.1) is 0 Å². The maximum atomic E-state index is 13.0. The van der Waals surface area contributed by atoms with Gasteiger partial charge in [-0.3, -0.25) is 19.1 Å². The van der Waals surface area contributed by atoms with Gasteiger partial charge < -0.3 is 24.6 Å². The molecule has 0 aliphatic carbocycles. The second kappa shape index (κ2) is 14.2. The maximum absolute atomic E-state index is 13.0. The van der Waals surface area contributed by atoms with E-state index in [2.05, 4.69) is 5.32 Å². The van der Waals surface area contributed by atoms with Crippen molar-refractivity contribution in [1.82, 2.24) is 24.9 Å². The molecule has 4 rings (SSSR count). The first-order valence-corrected chi connectivity index (χ1v) is 14.5. The first-order chi connectivity index (χ1) is 19.8. The number of fused-ring (bicyclic) bond motifs is 1. The Balaban J connectivity index is 1.33. The summed E-state index contributed by atoms with van der Waals surface area (Å²) in [7, 11) is 0. The minimum atomic E-state index is -0.462. The summed E-state index contributed by atoms with van der Waals surface area (Å²) in [4.78, 5) is 53.5. The molecule has 222 valence electrons. The van der Waals surface area contributed by atoms with Crippen LogP contribution < -0.4 is 5.32 Å². The summed E-state index contributed by atoms with van der Waals surface area (Å²) < 4.78 is 13.2. The number of carbonyl (C=O) groups excluding carboxylic acids is 4. The van der Waals surface area contributed by atoms with Crippen molar-refractivity contribution >= 4 is 23.7 Å². The molecule has 0 radical (unpaired) electrons. The van der Waals surface area contributed by atoms with Crippen molar-refractivity contribution in [2.24, 2.45) is 5.92 Å². The number of esters is 1. The molecule has 0 spiro atoms. The molecule has 1 aromatic heterocycles. The molecular weight excluding hydrogens is 526 g/mol. The molecule has 11 heteroatoms. The average molecular weight is 568 g/mol. The zero-order valence-corrected chi connectivity index (χ0v) is 24.3. The van der Waals surface area contributed by atoms with Crippen LogP contribution in [0.3, 0.4) is 0 Å². The highest BCUT2D eigenvalue weighted by Gasteiger charge is 2.25. The molecule has 1 N–H and O–H groups in total. The number of hydrogen-bond acceptors (Lipinski definition) is 7. The predicted octanol–water partition coefficient (Wildman–Crippen LogP) is 2.33. The first-order valence-electron chi connectivity index (χ1n) is 14.5. The Hall–Kier alpha value is -3.73. The number of aromatic nitrogens is 2. The summed E-state index contributed by atoms with van der Waals surface area (Å²) in [6.07, 6.45) is 2.90. The average Bonchev–Trinajstić information content (AvgIpc) is 3.31. The molecule has 1 atom stereocenters. The molecule has 2 aliphatic heterocycles. The molecule has 3 heterocycles. The SMILES string of the molecule is CCc1nn(C[C@@H](C)COC(=O)c2ccc(C(=O)N3CCN(C(C)=O)CC3)cc2)c2c1C(=O)NCCCOCCC2. The normalized spacial score (nSPS) is 17.2. The lowest BCUT2D eigenvalue weighted by Gasteiger charge is -2.34. The number of nitrogens with one attached hydrogen (secondary N) is 1. The number of nitrogens with zero attached hydrogens (tertiary/aromatic N) is 4. The van der Waals surface area contributed by atoms with E-state index in [0.717, 1.165) is 24.2 Å². The number of amides is 3. The molecule has 3 amide bonds. The number of hydrogen-bond donors (Lipinski definition) is 1. The molecule has 1 aromatic carbocycles. The van der Waals surface area contributed by atoms with E-state index in [0.29, 0.717) is 82.0 Å². The van der Waals surface area contributed by atoms with E-state index in [1.807, 2.05) is 18.5 Å². The molecular formula is C30H41N5O6. The van der Waals surface area contributed by atoms with Gasteiger partial charge in [-0.05, 0) is 49.9 Å². The quantitative estimate of drug-likeness (QED) is 0.510. The minimum Gasteiger partial charge on any atom is -0.462 e. The zero-order valence-electron chi connectivity index (χ0n) is 24.3. The van der Waals surface area contributed by atoms with E-state index in [-0.39, 0.29) is 30.2 Å². The summed E-state index contributed by atoms with van der Waals surface area (Å²) in [5.74, 6) is -0.705. The predicted molar refractivity (Wildman–Crippen MR) is 152 cm³/mol. The van der Waals surface area contributed by atoms with Crippen LogP contribution in [-0.2, 0) is 33.7 Å². The summed E-state index contributed by atoms with van der Waals surface area (Å²) in [5.41, 5.74) is 3.19. The van der Waals surface area contributed by atoms with Crippen molar-refractivity contribution in [3.63, 3.8) is 0 Å². The summed E-state index contributed by atoms with van der Waals surface area (Å²) in [6.45, 7) is 10.0. The van der Waals surface area contributed by atoms with Crippen LogP contribution >= 0.6 is 0 Å². The molecule has 0 bridgehead atoms. The maximum Gasteiger partial charge on any atom is 0.338 e. The second-order valence-corrected chi connectivity index (χ2v) is 10.7. The third kappa shape index (κ3) is 7.72. The highest BCUT2D eigenvalue weighted by Crippen LogP contribution is 2.20. The lowest BCUT2D eigenvalue weighted by Crippen LogP contribution is -2.50. The number of carbonyl (C=O) groups is 4. The lowest BCUT2D eigenvalue weighted by molar-refractivity contribution is -0.130. The number of piperazine rings is 1. The van der Waals surface area contributed by atoms with Gasteiger partial charge >= 0.3 is 5.97 Å². The zero-order chi connectivity index (χ0) is 29.4. The molecule has 1 saturated heterocycles. The third-order valence-corrected chi connectivity index (χ3v) is 7.51. The Morgan fingerprint density at radius 3 is 2.37 bits per heavy atom. The highest BCUT2D eigenvalue weighted by atomic mass is 16.5. The molecule has 2 aliphatic rings. The third-order valence-electron chi connectivity index (χ3n) is 7.51. The fraction of sp³-hybridized carbons (Fsp3) is 0.567. The summed E-state index contributed by atoms with van der Waals surface area (Å²) in [6, 6.07) is 6.47. The topological polar surface area (TPSA) is 123 Å². The van der Waals surface area contributed by atoms with E-state index in [4.69, 9.17) is 14.6 Å². The van der Waals surface area contributed by atoms with Crippen LogP contribution in [0.15, 0.2) is 24.3 Å². The van der Waals surface area contributed by atoms with E-state index in [9.17, 15) is 19.2 Å². The Morgan fingerprint density at radius 2 is 1.68 bits per heavy atom. The minimum absolute atomic E-state index is 0.0125. The smallest absolute Gasteiger partial charge is 0.338 e. The van der Waals surface area contributed by atoms with Gasteiger partial charge in [0.2, 0.25) is 5.91 Å². The second-order valence-electron chi connectivity index (χ2n) is 10.7. The van der Waals surface area contributed by atoms with Gasteiger partial charge in [-0.1, -0.05) is 13.8 Å². The van der Waals surface area contributed by atoms with Crippen LogP contribution in [0, 0.1) is 5.92 Å². The van der Waals surface area contributed by atoms with Gasteiger partial charge in [0.15, 0.2) is 0 Å². The van der Waals surface area contributed by atoms with Gasteiger partial charge in [-0.2, -0.15) is 5.10 Å². The summed E-state index contributed by atoms with van der Waals surface area (Å²) >= 11 is 0. The molecule has 0 unspecified atom stereocenters. The van der Waals surface area contributed by atoms with Crippen molar-refractivity contribution in [2.45, 2.75) is 53.0 Å². The fourth-order valence-electron chi connectivity index (χ4n) is 5.18. The van der Waals surface area contributed by atoms with Crippen LogP contribution in [0.25, 0.3) is 0 Å². The number of benzene rings is 1. The Labute approximate surface area is 241 Å². The van der Waals surface area contributed by atoms with Gasteiger partial charge in [-0.25, -0.2) is 4.79 Å². The van der Waals surface area contributed by atoms with Gasteiger partial charge in [0.1, 0.15) is 0 Å². The van der Waals surface area contributed by atoms with Crippen molar-refractivity contribution in [1.29, 1.82) is 0 Å². The Morgan fingerprint density at radius 1 is 1.02 bits per heavy atom. The van der Waals surface area contributed by atoms with Crippen molar-refractivity contribution in [3.8, 4) is 0 Å². The van der Waals surface area contributed by atoms with Gasteiger partial charge in [0.25, 0.3) is 11.8 Å². The number of aryl methyl sites for hydroxylation is 1. The number of rotatable bonds is 7. The number of ether oxygens (including phenoxy) is 2. The van der Waals surface area contributed by atoms with Crippen LogP contribution in [0.5, 0.6) is 0 Å². The molecule has 2 aromatic rings. The highest BCUT2D eigenvalue weighted by molar-refractivity contribution is 5.97. The largest absolute Gasteiger partial charge is 0.462 e. The molecule has 0 saturated carbocycles. The fourth-order valence-corrected chi connectivity index (χ4v) is 5.18. The molecule has 41 heavy (non-hydrogen) atoms. The van der Waals surface area contributed by atoms with E-state index in [1.54, 1.807) is 34.1 Å². The van der Waals surface area contributed by atoms with E-state index in [1.165, 1.54) is 6.92 Å². The summed E-state index contributed by atoms with van der Waals surface area (Å²) in [5, 5.41) is 7.74. The van der Waals surface area contributed by atoms with Crippen molar-refractivity contribution in [3.05, 3.63) is 52.3 Å². The van der Waals surface area contributed by atoms with Crippen LogP contribution in [0.4, 0.5) is 0 Å². The van der Waals surface area contributed by atoms with Crippen LogP contribution in [-0.4, -0.2) is 95.8 Å². The van der Waals surface area contributed by atoms with Crippen molar-refractivity contribution < 1.29 is 28.7 Å². The van der Waals surface area contributed by atoms with Gasteiger partial charge in [0.05, 0.1) is 29.1 Å². The van der Waals surface area contributed by atoms with Crippen LogP contribution in [0.1, 0.15) is 76.1 Å². The van der Waals surface area contributed by atoms with E-state index < -0.39 is 5.97 Å².